The van der Waals surface area contributed by atoms with Crippen molar-refractivity contribution in [3.8, 4) is 0 Å². The lowest BCUT2D eigenvalue weighted by atomic mass is 9.84. The Hall–Kier alpha value is -1.22. The molecule has 0 radical (unpaired) electrons. The average Bonchev–Trinajstić information content (AvgIpc) is 2.90. The largest absolute Gasteiger partial charge is 0.374 e. The normalized spacial score (nSPS) is 31.9. The van der Waals surface area contributed by atoms with Gasteiger partial charge in [0.25, 0.3) is 0 Å². The molecule has 2 aliphatic heterocycles. The second-order valence-corrected chi connectivity index (χ2v) is 4.56. The Kier molecular flexibility index (Phi) is 2.28. The molecule has 16 heavy (non-hydrogen) atoms. The first-order valence-electron chi connectivity index (χ1n) is 5.70. The van der Waals surface area contributed by atoms with Crippen molar-refractivity contribution in [1.82, 2.24) is 0 Å². The summed E-state index contributed by atoms with van der Waals surface area (Å²) >= 11 is 0. The molecule has 2 aliphatic rings. The molecule has 1 aromatic rings. The molecule has 0 spiro atoms. The van der Waals surface area contributed by atoms with E-state index >= 15 is 0 Å². The van der Waals surface area contributed by atoms with E-state index in [4.69, 9.17) is 4.74 Å². The number of ketones is 1. The molecule has 0 amide bonds. The Balaban J connectivity index is 1.86. The van der Waals surface area contributed by atoms with Crippen LogP contribution in [0.5, 0.6) is 0 Å². The van der Waals surface area contributed by atoms with Crippen LogP contribution in [0.3, 0.4) is 0 Å². The van der Waals surface area contributed by atoms with Gasteiger partial charge in [0, 0.05) is 0 Å². The number of hydrogen-bond acceptors (Lipinski definition) is 2. The third kappa shape index (κ3) is 1.47. The predicted molar refractivity (Wildman–Crippen MR) is 56.7 cm³/mol. The monoisotopic (exact) mass is 220 g/mol. The Morgan fingerprint density at radius 1 is 1.31 bits per heavy atom. The standard InChI is InChI=1S/C13H13FO2/c14-11-4-2-1-3-9(11)13(15)10-7-8-5-6-12(10)16-8/h1-4,8,10,12H,5-7H2. The highest BCUT2D eigenvalue weighted by Crippen LogP contribution is 2.40. The summed E-state index contributed by atoms with van der Waals surface area (Å²) in [6, 6.07) is 6.19. The molecule has 1 aromatic carbocycles. The molecule has 0 aromatic heterocycles. The van der Waals surface area contributed by atoms with Crippen LogP contribution in [0.4, 0.5) is 4.39 Å². The number of hydrogen-bond donors (Lipinski definition) is 0. The van der Waals surface area contributed by atoms with Gasteiger partial charge in [-0.05, 0) is 31.4 Å². The molecule has 2 saturated heterocycles. The molecule has 0 saturated carbocycles. The maximum atomic E-state index is 13.5. The SMILES string of the molecule is O=C(c1ccccc1F)C1CC2CCC1O2. The van der Waals surface area contributed by atoms with Gasteiger partial charge in [-0.15, -0.1) is 0 Å². The van der Waals surface area contributed by atoms with Gasteiger partial charge in [-0.2, -0.15) is 0 Å². The highest BCUT2D eigenvalue weighted by Gasteiger charge is 2.44. The van der Waals surface area contributed by atoms with Gasteiger partial charge in [0.05, 0.1) is 23.7 Å². The molecule has 3 rings (SSSR count). The number of fused-ring (bicyclic) bond motifs is 2. The summed E-state index contributed by atoms with van der Waals surface area (Å²) in [5, 5.41) is 0. The number of rotatable bonds is 2. The highest BCUT2D eigenvalue weighted by atomic mass is 19.1. The van der Waals surface area contributed by atoms with Crippen molar-refractivity contribution >= 4 is 5.78 Å². The Morgan fingerprint density at radius 2 is 2.12 bits per heavy atom. The van der Waals surface area contributed by atoms with Crippen LogP contribution in [0.25, 0.3) is 0 Å². The number of benzene rings is 1. The zero-order chi connectivity index (χ0) is 11.1. The number of carbonyl (C=O) groups is 1. The lowest BCUT2D eigenvalue weighted by Gasteiger charge is -2.17. The van der Waals surface area contributed by atoms with Crippen LogP contribution >= 0.6 is 0 Å². The molecule has 3 heteroatoms. The van der Waals surface area contributed by atoms with Gasteiger partial charge < -0.3 is 4.74 Å². The van der Waals surface area contributed by atoms with Crippen molar-refractivity contribution in [2.45, 2.75) is 31.5 Å². The van der Waals surface area contributed by atoms with E-state index in [0.717, 1.165) is 19.3 Å². The van der Waals surface area contributed by atoms with E-state index in [1.54, 1.807) is 18.2 Å². The topological polar surface area (TPSA) is 26.3 Å². The quantitative estimate of drug-likeness (QED) is 0.716. The van der Waals surface area contributed by atoms with Crippen LogP contribution in [0.1, 0.15) is 29.6 Å². The van der Waals surface area contributed by atoms with Gasteiger partial charge in [0.15, 0.2) is 5.78 Å². The van der Waals surface area contributed by atoms with E-state index in [9.17, 15) is 9.18 Å². The van der Waals surface area contributed by atoms with Crippen LogP contribution in [0, 0.1) is 11.7 Å². The lowest BCUT2D eigenvalue weighted by Crippen LogP contribution is -2.26. The molecular formula is C13H13FO2. The molecule has 2 fully saturated rings. The fourth-order valence-electron chi connectivity index (χ4n) is 2.77. The molecule has 0 aliphatic carbocycles. The minimum atomic E-state index is -0.421. The van der Waals surface area contributed by atoms with Crippen LogP contribution in [-0.2, 0) is 4.74 Å². The van der Waals surface area contributed by atoms with E-state index in [-0.39, 0.29) is 29.5 Å². The van der Waals surface area contributed by atoms with Gasteiger partial charge in [-0.3, -0.25) is 4.79 Å². The molecule has 2 heterocycles. The fraction of sp³-hybridized carbons (Fsp3) is 0.462. The highest BCUT2D eigenvalue weighted by molar-refractivity contribution is 5.98. The summed E-state index contributed by atoms with van der Waals surface area (Å²) in [7, 11) is 0. The van der Waals surface area contributed by atoms with Crippen LogP contribution in [0.15, 0.2) is 24.3 Å². The van der Waals surface area contributed by atoms with E-state index < -0.39 is 5.82 Å². The molecule has 3 unspecified atom stereocenters. The maximum absolute atomic E-state index is 13.5. The third-order valence-corrected chi connectivity index (χ3v) is 3.58. The van der Waals surface area contributed by atoms with Crippen molar-refractivity contribution in [2.75, 3.05) is 0 Å². The zero-order valence-corrected chi connectivity index (χ0v) is 8.86. The number of carbonyl (C=O) groups excluding carboxylic acids is 1. The van der Waals surface area contributed by atoms with Crippen molar-refractivity contribution < 1.29 is 13.9 Å². The average molecular weight is 220 g/mol. The first kappa shape index (κ1) is 9.97. The minimum absolute atomic E-state index is 0.0251. The predicted octanol–water partition coefficient (Wildman–Crippen LogP) is 2.58. The first-order valence-corrected chi connectivity index (χ1v) is 5.70. The molecule has 2 nitrogen and oxygen atoms in total. The fourth-order valence-corrected chi connectivity index (χ4v) is 2.77. The minimum Gasteiger partial charge on any atom is -0.374 e. The number of Topliss-reactive ketones (excluding diaryl/α,β-unsaturated/α-hetero) is 1. The Morgan fingerprint density at radius 3 is 2.75 bits per heavy atom. The van der Waals surface area contributed by atoms with E-state index in [1.165, 1.54) is 6.07 Å². The lowest BCUT2D eigenvalue weighted by molar-refractivity contribution is 0.0740. The van der Waals surface area contributed by atoms with Gasteiger partial charge in [0.1, 0.15) is 5.82 Å². The van der Waals surface area contributed by atoms with Crippen LogP contribution in [-0.4, -0.2) is 18.0 Å². The van der Waals surface area contributed by atoms with Crippen molar-refractivity contribution in [1.29, 1.82) is 0 Å². The Labute approximate surface area is 93.4 Å². The smallest absolute Gasteiger partial charge is 0.171 e. The summed E-state index contributed by atoms with van der Waals surface area (Å²) < 4.78 is 19.1. The summed E-state index contributed by atoms with van der Waals surface area (Å²) in [5.41, 5.74) is 0.212. The summed E-state index contributed by atoms with van der Waals surface area (Å²) in [6.45, 7) is 0. The number of ether oxygens (including phenoxy) is 1. The van der Waals surface area contributed by atoms with Crippen molar-refractivity contribution in [2.24, 2.45) is 5.92 Å². The van der Waals surface area contributed by atoms with Crippen molar-refractivity contribution in [3.63, 3.8) is 0 Å². The second kappa shape index (κ2) is 3.67. The molecular weight excluding hydrogens is 207 g/mol. The Bertz CT molecular complexity index is 430. The summed E-state index contributed by atoms with van der Waals surface area (Å²) in [5.74, 6) is -0.642. The van der Waals surface area contributed by atoms with Crippen LogP contribution in [0.2, 0.25) is 0 Å². The third-order valence-electron chi connectivity index (χ3n) is 3.58. The zero-order valence-electron chi connectivity index (χ0n) is 8.86. The summed E-state index contributed by atoms with van der Waals surface area (Å²) in [6.07, 6.45) is 3.00. The molecule has 2 bridgehead atoms. The molecule has 84 valence electrons. The first-order chi connectivity index (χ1) is 7.75. The van der Waals surface area contributed by atoms with E-state index in [2.05, 4.69) is 0 Å². The number of halogens is 1. The van der Waals surface area contributed by atoms with Crippen LogP contribution < -0.4 is 0 Å². The van der Waals surface area contributed by atoms with E-state index in [1.807, 2.05) is 0 Å². The van der Waals surface area contributed by atoms with Crippen molar-refractivity contribution in [3.05, 3.63) is 35.6 Å². The van der Waals surface area contributed by atoms with Gasteiger partial charge in [-0.25, -0.2) is 4.39 Å². The van der Waals surface area contributed by atoms with Gasteiger partial charge in [-0.1, -0.05) is 12.1 Å². The summed E-state index contributed by atoms with van der Waals surface area (Å²) in [4.78, 5) is 12.1. The van der Waals surface area contributed by atoms with Gasteiger partial charge in [0.2, 0.25) is 0 Å². The van der Waals surface area contributed by atoms with Gasteiger partial charge >= 0.3 is 0 Å². The molecule has 0 N–H and O–H groups in total. The maximum Gasteiger partial charge on any atom is 0.171 e. The second-order valence-electron chi connectivity index (χ2n) is 4.56. The molecule has 3 atom stereocenters. The van der Waals surface area contributed by atoms with E-state index in [0.29, 0.717) is 0 Å².